The first-order chi connectivity index (χ1) is 12.6. The fraction of sp³-hybridized carbons (Fsp3) is 0. The molecule has 0 saturated carbocycles. The molecule has 2 aromatic heterocycles. The van der Waals surface area contributed by atoms with Crippen LogP contribution in [0.2, 0.25) is 0 Å². The molecule has 4 aromatic rings. The van der Waals surface area contributed by atoms with Crippen molar-refractivity contribution >= 4 is 26.6 Å². The van der Waals surface area contributed by atoms with Gasteiger partial charge in [-0.2, -0.15) is 5.26 Å². The first-order valence-electron chi connectivity index (χ1n) is 7.58. The number of fused-ring (bicyclic) bond motifs is 1. The Balaban J connectivity index is 1.74. The zero-order chi connectivity index (χ0) is 18.1. The number of para-hydroxylation sites is 1. The molecular weight excluding hydrogens is 352 g/mol. The van der Waals surface area contributed by atoms with Crippen molar-refractivity contribution in [1.29, 1.82) is 5.26 Å². The highest BCUT2D eigenvalue weighted by atomic mass is 32.2. The largest absolute Gasteiger partial charge is 0.358 e. The molecule has 0 radical (unpaired) electrons. The van der Waals surface area contributed by atoms with E-state index in [1.54, 1.807) is 42.7 Å². The van der Waals surface area contributed by atoms with E-state index < -0.39 is 10.0 Å². The second kappa shape index (κ2) is 6.02. The lowest BCUT2D eigenvalue weighted by Gasteiger charge is -2.10. The number of aromatic nitrogens is 4. The second-order valence-electron chi connectivity index (χ2n) is 5.49. The summed E-state index contributed by atoms with van der Waals surface area (Å²) in [6.07, 6.45) is 4.69. The molecule has 9 heteroatoms. The van der Waals surface area contributed by atoms with Crippen LogP contribution in [0.3, 0.4) is 0 Å². The molecule has 2 heterocycles. The Labute approximate surface area is 148 Å². The summed E-state index contributed by atoms with van der Waals surface area (Å²) >= 11 is 0. The van der Waals surface area contributed by atoms with E-state index in [9.17, 15) is 8.42 Å². The zero-order valence-corrected chi connectivity index (χ0v) is 14.1. The van der Waals surface area contributed by atoms with E-state index in [2.05, 4.69) is 26.1 Å². The van der Waals surface area contributed by atoms with E-state index in [0.717, 1.165) is 0 Å². The molecule has 26 heavy (non-hydrogen) atoms. The number of rotatable bonds is 4. The predicted octanol–water partition coefficient (Wildman–Crippen LogP) is 2.42. The quantitative estimate of drug-likeness (QED) is 0.577. The van der Waals surface area contributed by atoms with Crippen molar-refractivity contribution in [1.82, 2.24) is 20.0 Å². The lowest BCUT2D eigenvalue weighted by molar-refractivity contribution is 0.601. The minimum absolute atomic E-state index is 0.0922. The molecule has 0 aliphatic carbocycles. The van der Waals surface area contributed by atoms with Crippen LogP contribution < -0.4 is 4.72 Å². The van der Waals surface area contributed by atoms with Gasteiger partial charge in [0.1, 0.15) is 6.07 Å². The fourth-order valence-electron chi connectivity index (χ4n) is 2.67. The molecule has 2 aromatic carbocycles. The van der Waals surface area contributed by atoms with Gasteiger partial charge in [0.25, 0.3) is 10.0 Å². The number of H-pyrrole nitrogens is 1. The molecule has 0 atom stereocenters. The average Bonchev–Trinajstić information content (AvgIpc) is 3.32. The maximum absolute atomic E-state index is 12.8. The summed E-state index contributed by atoms with van der Waals surface area (Å²) in [4.78, 5) is 3.04. The van der Waals surface area contributed by atoms with Crippen LogP contribution in [-0.4, -0.2) is 28.4 Å². The highest BCUT2D eigenvalue weighted by molar-refractivity contribution is 7.92. The first-order valence-corrected chi connectivity index (χ1v) is 9.06. The first kappa shape index (κ1) is 15.9. The van der Waals surface area contributed by atoms with Crippen molar-refractivity contribution < 1.29 is 8.42 Å². The van der Waals surface area contributed by atoms with Crippen LogP contribution >= 0.6 is 0 Å². The molecular formula is C17H12N6O2S. The van der Waals surface area contributed by atoms with Gasteiger partial charge in [0.2, 0.25) is 0 Å². The summed E-state index contributed by atoms with van der Waals surface area (Å²) in [5, 5.41) is 17.4. The van der Waals surface area contributed by atoms with E-state index in [1.807, 2.05) is 0 Å². The van der Waals surface area contributed by atoms with Gasteiger partial charge in [-0.05, 0) is 24.3 Å². The van der Waals surface area contributed by atoms with Gasteiger partial charge in [-0.1, -0.05) is 23.4 Å². The van der Waals surface area contributed by atoms with Gasteiger partial charge < -0.3 is 4.98 Å². The molecule has 0 spiro atoms. The third kappa shape index (κ3) is 2.68. The molecule has 0 saturated heterocycles. The topological polar surface area (TPSA) is 116 Å². The van der Waals surface area contributed by atoms with Crippen LogP contribution in [-0.2, 0) is 10.0 Å². The van der Waals surface area contributed by atoms with Gasteiger partial charge in [0, 0.05) is 11.6 Å². The number of aromatic amines is 1. The van der Waals surface area contributed by atoms with E-state index in [0.29, 0.717) is 27.8 Å². The molecule has 4 rings (SSSR count). The summed E-state index contributed by atoms with van der Waals surface area (Å²) < 4.78 is 29.7. The van der Waals surface area contributed by atoms with Crippen LogP contribution in [0.4, 0.5) is 5.69 Å². The lowest BCUT2D eigenvalue weighted by Crippen LogP contribution is -2.13. The Morgan fingerprint density at radius 3 is 2.81 bits per heavy atom. The average molecular weight is 364 g/mol. The van der Waals surface area contributed by atoms with Crippen LogP contribution in [0.1, 0.15) is 5.56 Å². The molecule has 128 valence electrons. The Hall–Kier alpha value is -3.64. The van der Waals surface area contributed by atoms with Gasteiger partial charge >= 0.3 is 0 Å². The number of nitrogens with zero attached hydrogens (tertiary/aromatic N) is 4. The molecule has 0 bridgehead atoms. The summed E-state index contributed by atoms with van der Waals surface area (Å²) in [6.45, 7) is 0. The van der Waals surface area contributed by atoms with Crippen LogP contribution in [0.15, 0.2) is 66.0 Å². The number of anilines is 1. The molecule has 0 aliphatic rings. The highest BCUT2D eigenvalue weighted by Gasteiger charge is 2.17. The van der Waals surface area contributed by atoms with Crippen molar-refractivity contribution in [3.05, 3.63) is 66.6 Å². The maximum atomic E-state index is 12.8. The molecule has 0 aliphatic heterocycles. The second-order valence-corrected chi connectivity index (χ2v) is 7.18. The summed E-state index contributed by atoms with van der Waals surface area (Å²) in [5.74, 6) is 0. The predicted molar refractivity (Wildman–Crippen MR) is 95.2 cm³/mol. The number of hydrogen-bond donors (Lipinski definition) is 2. The Morgan fingerprint density at radius 1 is 1.19 bits per heavy atom. The highest BCUT2D eigenvalue weighted by Crippen LogP contribution is 2.27. The SMILES string of the molecule is N#Cc1c[nH]c2c(NS(=O)(=O)c3cccc(-n4ccnn4)c3)cccc12. The minimum atomic E-state index is -3.83. The van der Waals surface area contributed by atoms with Crippen molar-refractivity contribution in [2.75, 3.05) is 4.72 Å². The Kier molecular flexibility index (Phi) is 3.67. The standard InChI is InChI=1S/C17H12N6O2S/c18-10-12-11-19-17-15(12)5-2-6-16(17)21-26(24,25)14-4-1-3-13(9-14)23-8-7-20-22-23/h1-9,11,19,21H. The molecule has 8 nitrogen and oxygen atoms in total. The van der Waals surface area contributed by atoms with Crippen molar-refractivity contribution in [3.63, 3.8) is 0 Å². The van der Waals surface area contributed by atoms with Crippen LogP contribution in [0, 0.1) is 11.3 Å². The van der Waals surface area contributed by atoms with Crippen molar-refractivity contribution in [2.24, 2.45) is 0 Å². The summed E-state index contributed by atoms with van der Waals surface area (Å²) in [7, 11) is -3.83. The van der Waals surface area contributed by atoms with E-state index in [-0.39, 0.29) is 4.90 Å². The number of sulfonamides is 1. The van der Waals surface area contributed by atoms with Gasteiger partial charge in [-0.25, -0.2) is 13.1 Å². The van der Waals surface area contributed by atoms with Crippen LogP contribution in [0.5, 0.6) is 0 Å². The number of nitriles is 1. The monoisotopic (exact) mass is 364 g/mol. The summed E-state index contributed by atoms with van der Waals surface area (Å²) in [6, 6.07) is 13.5. The van der Waals surface area contributed by atoms with Gasteiger partial charge in [0.15, 0.2) is 0 Å². The van der Waals surface area contributed by atoms with E-state index in [4.69, 9.17) is 5.26 Å². The van der Waals surface area contributed by atoms with Gasteiger partial charge in [-0.15, -0.1) is 5.10 Å². The smallest absolute Gasteiger partial charge is 0.262 e. The van der Waals surface area contributed by atoms with Crippen LogP contribution in [0.25, 0.3) is 16.6 Å². The van der Waals surface area contributed by atoms with Gasteiger partial charge in [-0.3, -0.25) is 4.72 Å². The van der Waals surface area contributed by atoms with E-state index >= 15 is 0 Å². The Morgan fingerprint density at radius 2 is 2.04 bits per heavy atom. The number of benzene rings is 2. The minimum Gasteiger partial charge on any atom is -0.358 e. The van der Waals surface area contributed by atoms with Crippen molar-refractivity contribution in [3.8, 4) is 11.8 Å². The fourth-order valence-corrected chi connectivity index (χ4v) is 3.79. The maximum Gasteiger partial charge on any atom is 0.262 e. The molecule has 2 N–H and O–H groups in total. The Bertz CT molecular complexity index is 1240. The molecule has 0 unspecified atom stereocenters. The normalized spacial score (nSPS) is 11.3. The number of nitrogens with one attached hydrogen (secondary N) is 2. The molecule has 0 amide bonds. The van der Waals surface area contributed by atoms with Crippen molar-refractivity contribution in [2.45, 2.75) is 4.90 Å². The number of hydrogen-bond acceptors (Lipinski definition) is 5. The van der Waals surface area contributed by atoms with E-state index in [1.165, 1.54) is 23.0 Å². The third-order valence-electron chi connectivity index (χ3n) is 3.90. The lowest BCUT2D eigenvalue weighted by atomic mass is 10.2. The third-order valence-corrected chi connectivity index (χ3v) is 5.26. The summed E-state index contributed by atoms with van der Waals surface area (Å²) in [5.41, 5.74) is 1.96. The van der Waals surface area contributed by atoms with Gasteiger partial charge in [0.05, 0.1) is 39.7 Å². The molecule has 0 fully saturated rings. The zero-order valence-electron chi connectivity index (χ0n) is 13.3.